The molecule has 1 aliphatic heterocycles. The van der Waals surface area contributed by atoms with Gasteiger partial charge in [-0.3, -0.25) is 9.69 Å². The Balaban J connectivity index is 1.27. The zero-order chi connectivity index (χ0) is 23.3. The Hall–Kier alpha value is -3.29. The normalized spacial score (nSPS) is 17.4. The van der Waals surface area contributed by atoms with Crippen molar-refractivity contribution in [1.29, 1.82) is 0 Å². The highest BCUT2D eigenvalue weighted by Crippen LogP contribution is 2.27. The van der Waals surface area contributed by atoms with Crippen molar-refractivity contribution in [2.45, 2.75) is 32.4 Å². The van der Waals surface area contributed by atoms with Crippen LogP contribution >= 0.6 is 11.3 Å². The first kappa shape index (κ1) is 22.5. The zero-order valence-corrected chi connectivity index (χ0v) is 20.0. The molecule has 1 N–H and O–H groups in total. The average molecular weight is 473 g/mol. The fourth-order valence-corrected chi connectivity index (χ4v) is 5.24. The van der Waals surface area contributed by atoms with Crippen molar-refractivity contribution in [3.8, 4) is 10.7 Å². The minimum atomic E-state index is -0.172. The molecular formula is C27H28N4O2S. The lowest BCUT2D eigenvalue weighted by Crippen LogP contribution is -2.44. The average Bonchev–Trinajstić information content (AvgIpc) is 3.56. The van der Waals surface area contributed by atoms with Crippen LogP contribution in [0.5, 0.6) is 0 Å². The number of nitrogens with zero attached hydrogens (tertiary/aromatic N) is 3. The van der Waals surface area contributed by atoms with Crippen molar-refractivity contribution < 1.29 is 9.32 Å². The maximum atomic E-state index is 13.4. The summed E-state index contributed by atoms with van der Waals surface area (Å²) in [5.41, 5.74) is 3.38. The van der Waals surface area contributed by atoms with E-state index in [0.29, 0.717) is 24.8 Å². The quantitative estimate of drug-likeness (QED) is 0.399. The zero-order valence-electron chi connectivity index (χ0n) is 19.2. The number of aromatic nitrogens is 2. The largest absolute Gasteiger partial charge is 0.345 e. The van der Waals surface area contributed by atoms with Gasteiger partial charge in [0.15, 0.2) is 0 Å². The van der Waals surface area contributed by atoms with Crippen LogP contribution in [0.25, 0.3) is 10.7 Å². The second-order valence-electron chi connectivity index (χ2n) is 8.77. The third kappa shape index (κ3) is 5.11. The summed E-state index contributed by atoms with van der Waals surface area (Å²) in [5, 5.41) is 9.46. The summed E-state index contributed by atoms with van der Waals surface area (Å²) in [7, 11) is 0. The number of thiophene rings is 1. The van der Waals surface area contributed by atoms with Gasteiger partial charge in [0.2, 0.25) is 17.6 Å². The van der Waals surface area contributed by atoms with Crippen LogP contribution in [0.3, 0.4) is 0 Å². The lowest BCUT2D eigenvalue weighted by Gasteiger charge is -2.32. The first-order valence-corrected chi connectivity index (χ1v) is 12.5. The molecule has 1 saturated heterocycles. The third-order valence-electron chi connectivity index (χ3n) is 6.36. The van der Waals surface area contributed by atoms with Gasteiger partial charge in [-0.25, -0.2) is 0 Å². The highest BCUT2D eigenvalue weighted by Gasteiger charge is 2.29. The number of hydrogen-bond donors (Lipinski definition) is 1. The molecule has 2 aromatic carbocycles. The Morgan fingerprint density at radius 1 is 1.15 bits per heavy atom. The molecule has 1 fully saturated rings. The molecule has 7 heteroatoms. The molecule has 0 spiro atoms. The number of benzene rings is 2. The summed E-state index contributed by atoms with van der Waals surface area (Å²) in [5.74, 6) is 1.22. The van der Waals surface area contributed by atoms with E-state index < -0.39 is 0 Å². The molecule has 2 unspecified atom stereocenters. The van der Waals surface area contributed by atoms with Crippen molar-refractivity contribution in [2.75, 3.05) is 13.1 Å². The van der Waals surface area contributed by atoms with Crippen LogP contribution < -0.4 is 5.32 Å². The van der Waals surface area contributed by atoms with Gasteiger partial charge in [0, 0.05) is 6.54 Å². The second-order valence-corrected chi connectivity index (χ2v) is 9.72. The minimum absolute atomic E-state index is 0.0799. The van der Waals surface area contributed by atoms with Crippen LogP contribution in [0, 0.1) is 12.8 Å². The summed E-state index contributed by atoms with van der Waals surface area (Å²) in [6, 6.07) is 22.2. The Morgan fingerprint density at radius 3 is 2.76 bits per heavy atom. The van der Waals surface area contributed by atoms with Crippen LogP contribution in [-0.4, -0.2) is 34.0 Å². The maximum absolute atomic E-state index is 13.4. The van der Waals surface area contributed by atoms with E-state index in [9.17, 15) is 4.79 Å². The molecule has 0 radical (unpaired) electrons. The molecule has 0 aliphatic carbocycles. The molecule has 1 aliphatic rings. The van der Waals surface area contributed by atoms with Gasteiger partial charge in [0.25, 0.3) is 0 Å². The molecule has 4 aromatic rings. The summed E-state index contributed by atoms with van der Waals surface area (Å²) in [6.07, 6.45) is 1.84. The Labute approximate surface area is 203 Å². The van der Waals surface area contributed by atoms with Crippen LogP contribution in [0.2, 0.25) is 0 Å². The monoisotopic (exact) mass is 472 g/mol. The molecule has 3 heterocycles. The summed E-state index contributed by atoms with van der Waals surface area (Å²) in [6.45, 7) is 4.24. The van der Waals surface area contributed by atoms with Crippen molar-refractivity contribution in [2.24, 2.45) is 5.92 Å². The SMILES string of the molecule is Cc1ccccc1C(NC(=O)C1CCCN(Cc2nc(-c3cccs3)no2)C1)c1ccccc1. The Morgan fingerprint density at radius 2 is 1.97 bits per heavy atom. The number of nitrogens with one attached hydrogen (secondary N) is 1. The fraction of sp³-hybridized carbons (Fsp3) is 0.296. The van der Waals surface area contributed by atoms with Crippen molar-refractivity contribution in [1.82, 2.24) is 20.4 Å². The molecule has 5 rings (SSSR count). The molecule has 2 aromatic heterocycles. The van der Waals surface area contributed by atoms with Crippen LogP contribution in [0.4, 0.5) is 0 Å². The summed E-state index contributed by atoms with van der Waals surface area (Å²) in [4.78, 5) is 21.2. The molecule has 34 heavy (non-hydrogen) atoms. The second kappa shape index (κ2) is 10.3. The molecule has 174 valence electrons. The van der Waals surface area contributed by atoms with Crippen molar-refractivity contribution >= 4 is 17.2 Å². The van der Waals surface area contributed by atoms with Crippen LogP contribution in [0.15, 0.2) is 76.6 Å². The number of carbonyl (C=O) groups is 1. The van der Waals surface area contributed by atoms with E-state index in [2.05, 4.69) is 51.5 Å². The standard InChI is InChI=1S/C27H28N4O2S/c1-19-9-5-6-13-22(19)25(20-10-3-2-4-11-20)29-27(32)21-12-7-15-31(17-21)18-24-28-26(30-33-24)23-14-8-16-34-23/h2-6,8-11,13-14,16,21,25H,7,12,15,17-18H2,1H3,(H,29,32). The van der Waals surface area contributed by atoms with E-state index in [0.717, 1.165) is 35.4 Å². The molecule has 0 bridgehead atoms. The Bertz CT molecular complexity index is 1220. The highest BCUT2D eigenvalue weighted by molar-refractivity contribution is 7.13. The molecule has 2 atom stereocenters. The van der Waals surface area contributed by atoms with E-state index in [-0.39, 0.29) is 17.9 Å². The smallest absolute Gasteiger partial charge is 0.241 e. The first-order valence-electron chi connectivity index (χ1n) is 11.7. The first-order chi connectivity index (χ1) is 16.7. The summed E-state index contributed by atoms with van der Waals surface area (Å²) < 4.78 is 5.48. The van der Waals surface area contributed by atoms with Gasteiger partial charge >= 0.3 is 0 Å². The summed E-state index contributed by atoms with van der Waals surface area (Å²) >= 11 is 1.59. The number of likely N-dealkylation sites (tertiary alicyclic amines) is 1. The van der Waals surface area contributed by atoms with E-state index in [1.54, 1.807) is 11.3 Å². The van der Waals surface area contributed by atoms with Gasteiger partial charge in [-0.15, -0.1) is 11.3 Å². The minimum Gasteiger partial charge on any atom is -0.345 e. The van der Waals surface area contributed by atoms with Gasteiger partial charge < -0.3 is 9.84 Å². The number of amides is 1. The molecule has 1 amide bonds. The van der Waals surface area contributed by atoms with E-state index in [1.165, 1.54) is 5.56 Å². The maximum Gasteiger partial charge on any atom is 0.241 e. The van der Waals surface area contributed by atoms with Gasteiger partial charge in [-0.05, 0) is 54.4 Å². The van der Waals surface area contributed by atoms with Gasteiger partial charge in [-0.2, -0.15) is 4.98 Å². The predicted octanol–water partition coefficient (Wildman–Crippen LogP) is 5.22. The predicted molar refractivity (Wildman–Crippen MR) is 133 cm³/mol. The van der Waals surface area contributed by atoms with Crippen molar-refractivity contribution in [3.05, 3.63) is 94.7 Å². The van der Waals surface area contributed by atoms with Gasteiger partial charge in [-0.1, -0.05) is 65.8 Å². The third-order valence-corrected chi connectivity index (χ3v) is 7.23. The van der Waals surface area contributed by atoms with Crippen LogP contribution in [-0.2, 0) is 11.3 Å². The number of aryl methyl sites for hydroxylation is 1. The van der Waals surface area contributed by atoms with E-state index in [1.807, 2.05) is 47.8 Å². The fourth-order valence-electron chi connectivity index (χ4n) is 4.59. The van der Waals surface area contributed by atoms with Crippen LogP contribution in [0.1, 0.15) is 41.5 Å². The lowest BCUT2D eigenvalue weighted by atomic mass is 9.92. The number of hydrogen-bond acceptors (Lipinski definition) is 6. The Kier molecular flexibility index (Phi) is 6.83. The highest BCUT2D eigenvalue weighted by atomic mass is 32.1. The topological polar surface area (TPSA) is 71.3 Å². The van der Waals surface area contributed by atoms with Gasteiger partial charge in [0.05, 0.1) is 23.4 Å². The molecule has 6 nitrogen and oxygen atoms in total. The lowest BCUT2D eigenvalue weighted by molar-refractivity contribution is -0.127. The van der Waals surface area contributed by atoms with Gasteiger partial charge in [0.1, 0.15) is 0 Å². The molecular weight excluding hydrogens is 444 g/mol. The van der Waals surface area contributed by atoms with Crippen molar-refractivity contribution in [3.63, 3.8) is 0 Å². The number of piperidine rings is 1. The molecule has 0 saturated carbocycles. The van der Waals surface area contributed by atoms with E-state index >= 15 is 0 Å². The number of rotatable bonds is 7. The van der Waals surface area contributed by atoms with E-state index in [4.69, 9.17) is 4.52 Å². The number of carbonyl (C=O) groups excluding carboxylic acids is 1.